The van der Waals surface area contributed by atoms with Crippen LogP contribution in [0.4, 0.5) is 5.69 Å². The fourth-order valence-electron chi connectivity index (χ4n) is 4.62. The highest BCUT2D eigenvalue weighted by molar-refractivity contribution is 5.95. The van der Waals surface area contributed by atoms with Crippen molar-refractivity contribution in [2.75, 3.05) is 24.5 Å². The highest BCUT2D eigenvalue weighted by Gasteiger charge is 2.25. The fourth-order valence-corrected chi connectivity index (χ4v) is 4.62. The average molecular weight is 395 g/mol. The quantitative estimate of drug-likeness (QED) is 0.846. The highest BCUT2D eigenvalue weighted by atomic mass is 16.2. The average Bonchev–Trinajstić information content (AvgIpc) is 3.14. The van der Waals surface area contributed by atoms with E-state index >= 15 is 0 Å². The SMILES string of the molecule is CCc1c(C)nc(C2CCCN(Cc3ccc(N4CCCC4=O)cc3)C2)[nH]c1=O. The van der Waals surface area contributed by atoms with Gasteiger partial charge < -0.3 is 9.88 Å². The van der Waals surface area contributed by atoms with Crippen LogP contribution in [0.15, 0.2) is 29.1 Å². The minimum atomic E-state index is 0.0131. The van der Waals surface area contributed by atoms with Gasteiger partial charge in [0.15, 0.2) is 0 Å². The van der Waals surface area contributed by atoms with Crippen LogP contribution in [-0.2, 0) is 17.8 Å². The third kappa shape index (κ3) is 4.27. The molecule has 4 rings (SSSR count). The maximum atomic E-state index is 12.3. The number of hydrogen-bond donors (Lipinski definition) is 1. The Bertz CT molecular complexity index is 935. The molecule has 29 heavy (non-hydrogen) atoms. The van der Waals surface area contributed by atoms with Crippen molar-refractivity contribution in [3.63, 3.8) is 0 Å². The first-order valence-corrected chi connectivity index (χ1v) is 10.8. The lowest BCUT2D eigenvalue weighted by Crippen LogP contribution is -2.35. The Morgan fingerprint density at radius 3 is 2.59 bits per heavy atom. The standard InChI is InChI=1S/C23H30N4O2/c1-3-20-16(2)24-22(25-23(20)29)18-6-4-12-26(15-18)14-17-8-10-19(11-9-17)27-13-5-7-21(27)28/h8-11,18H,3-7,12-15H2,1-2H3,(H,24,25,29). The molecule has 1 aromatic heterocycles. The third-order valence-corrected chi connectivity index (χ3v) is 6.21. The Kier molecular flexibility index (Phi) is 5.81. The summed E-state index contributed by atoms with van der Waals surface area (Å²) in [4.78, 5) is 36.3. The van der Waals surface area contributed by atoms with Gasteiger partial charge in [-0.1, -0.05) is 19.1 Å². The lowest BCUT2D eigenvalue weighted by molar-refractivity contribution is -0.117. The Balaban J connectivity index is 1.42. The zero-order valence-corrected chi connectivity index (χ0v) is 17.4. The number of benzene rings is 1. The van der Waals surface area contributed by atoms with E-state index in [1.807, 2.05) is 18.7 Å². The molecule has 2 fully saturated rings. The Morgan fingerprint density at radius 1 is 1.14 bits per heavy atom. The van der Waals surface area contributed by atoms with Gasteiger partial charge in [-0.3, -0.25) is 14.5 Å². The number of H-pyrrole nitrogens is 1. The molecule has 154 valence electrons. The molecule has 2 aliphatic heterocycles. The highest BCUT2D eigenvalue weighted by Crippen LogP contribution is 2.26. The largest absolute Gasteiger partial charge is 0.312 e. The zero-order valence-electron chi connectivity index (χ0n) is 17.4. The smallest absolute Gasteiger partial charge is 0.254 e. The van der Waals surface area contributed by atoms with Gasteiger partial charge in [-0.15, -0.1) is 0 Å². The summed E-state index contributed by atoms with van der Waals surface area (Å²) in [5.74, 6) is 1.32. The Morgan fingerprint density at radius 2 is 1.93 bits per heavy atom. The first-order chi connectivity index (χ1) is 14.0. The second-order valence-electron chi connectivity index (χ2n) is 8.26. The van der Waals surface area contributed by atoms with Crippen LogP contribution in [0, 0.1) is 6.92 Å². The number of piperidine rings is 1. The Hall–Kier alpha value is -2.47. The molecule has 1 atom stereocenters. The first-order valence-electron chi connectivity index (χ1n) is 10.8. The maximum Gasteiger partial charge on any atom is 0.254 e. The summed E-state index contributed by atoms with van der Waals surface area (Å²) in [6.07, 6.45) is 4.48. The van der Waals surface area contributed by atoms with Gasteiger partial charge >= 0.3 is 0 Å². The van der Waals surface area contributed by atoms with Crippen LogP contribution in [0.3, 0.4) is 0 Å². The number of aromatic amines is 1. The normalized spacial score (nSPS) is 20.4. The summed E-state index contributed by atoms with van der Waals surface area (Å²) < 4.78 is 0. The predicted octanol–water partition coefficient (Wildman–Crippen LogP) is 3.15. The fraction of sp³-hybridized carbons (Fsp3) is 0.522. The number of anilines is 1. The molecular weight excluding hydrogens is 364 g/mol. The van der Waals surface area contributed by atoms with Gasteiger partial charge in [0.25, 0.3) is 5.56 Å². The molecule has 0 saturated carbocycles. The van der Waals surface area contributed by atoms with Crippen molar-refractivity contribution in [3.8, 4) is 0 Å². The van der Waals surface area contributed by atoms with Gasteiger partial charge in [-0.2, -0.15) is 0 Å². The van der Waals surface area contributed by atoms with Crippen LogP contribution in [0.1, 0.15) is 61.2 Å². The monoisotopic (exact) mass is 394 g/mol. The number of carbonyl (C=O) groups is 1. The summed E-state index contributed by atoms with van der Waals surface area (Å²) in [5.41, 5.74) is 3.91. The van der Waals surface area contributed by atoms with Crippen molar-refractivity contribution in [2.24, 2.45) is 0 Å². The zero-order chi connectivity index (χ0) is 20.4. The molecule has 1 N–H and O–H groups in total. The molecule has 1 unspecified atom stereocenters. The van der Waals surface area contributed by atoms with Crippen LogP contribution >= 0.6 is 0 Å². The second kappa shape index (κ2) is 8.49. The third-order valence-electron chi connectivity index (χ3n) is 6.21. The summed E-state index contributed by atoms with van der Waals surface area (Å²) in [7, 11) is 0. The minimum absolute atomic E-state index is 0.0131. The molecule has 1 aromatic carbocycles. The Labute approximate surface area is 172 Å². The molecule has 2 saturated heterocycles. The molecule has 0 radical (unpaired) electrons. The minimum Gasteiger partial charge on any atom is -0.312 e. The molecule has 2 aliphatic rings. The lowest BCUT2D eigenvalue weighted by Gasteiger charge is -2.32. The number of aromatic nitrogens is 2. The number of amides is 1. The predicted molar refractivity (Wildman–Crippen MR) is 114 cm³/mol. The van der Waals surface area contributed by atoms with Gasteiger partial charge in [0.05, 0.1) is 0 Å². The summed E-state index contributed by atoms with van der Waals surface area (Å²) in [5, 5.41) is 0. The van der Waals surface area contributed by atoms with Crippen LogP contribution in [0.2, 0.25) is 0 Å². The van der Waals surface area contributed by atoms with Crippen molar-refractivity contribution in [1.82, 2.24) is 14.9 Å². The van der Waals surface area contributed by atoms with Gasteiger partial charge in [-0.05, 0) is 56.8 Å². The molecular formula is C23H30N4O2. The van der Waals surface area contributed by atoms with Crippen LogP contribution in [-0.4, -0.2) is 40.4 Å². The van der Waals surface area contributed by atoms with E-state index in [4.69, 9.17) is 4.98 Å². The number of hydrogen-bond acceptors (Lipinski definition) is 4. The number of likely N-dealkylation sites (tertiary alicyclic amines) is 1. The molecule has 1 amide bonds. The van der Waals surface area contributed by atoms with E-state index in [2.05, 4.69) is 34.1 Å². The van der Waals surface area contributed by atoms with E-state index in [9.17, 15) is 9.59 Å². The van der Waals surface area contributed by atoms with Gasteiger partial charge in [-0.25, -0.2) is 4.98 Å². The number of carbonyl (C=O) groups excluding carboxylic acids is 1. The molecule has 6 nitrogen and oxygen atoms in total. The number of nitrogens with one attached hydrogen (secondary N) is 1. The van der Waals surface area contributed by atoms with E-state index in [1.54, 1.807) is 0 Å². The van der Waals surface area contributed by atoms with E-state index in [0.29, 0.717) is 12.8 Å². The van der Waals surface area contributed by atoms with E-state index < -0.39 is 0 Å². The number of nitrogens with zero attached hydrogens (tertiary/aromatic N) is 3. The molecule has 2 aromatic rings. The van der Waals surface area contributed by atoms with Gasteiger partial charge in [0, 0.05) is 48.9 Å². The first kappa shape index (κ1) is 19.8. The van der Waals surface area contributed by atoms with Crippen LogP contribution in [0.5, 0.6) is 0 Å². The van der Waals surface area contributed by atoms with Gasteiger partial charge in [0.2, 0.25) is 5.91 Å². The maximum absolute atomic E-state index is 12.3. The van der Waals surface area contributed by atoms with Crippen molar-refractivity contribution < 1.29 is 4.79 Å². The van der Waals surface area contributed by atoms with E-state index in [-0.39, 0.29) is 17.4 Å². The van der Waals surface area contributed by atoms with Crippen molar-refractivity contribution >= 4 is 11.6 Å². The van der Waals surface area contributed by atoms with Gasteiger partial charge in [0.1, 0.15) is 5.82 Å². The number of aryl methyl sites for hydroxylation is 1. The molecule has 0 bridgehead atoms. The van der Waals surface area contributed by atoms with E-state index in [1.165, 1.54) is 5.56 Å². The molecule has 0 aliphatic carbocycles. The lowest BCUT2D eigenvalue weighted by atomic mass is 9.96. The van der Waals surface area contributed by atoms with Crippen molar-refractivity contribution in [2.45, 2.75) is 58.4 Å². The van der Waals surface area contributed by atoms with Crippen LogP contribution < -0.4 is 10.5 Å². The van der Waals surface area contributed by atoms with E-state index in [0.717, 1.165) is 68.2 Å². The summed E-state index contributed by atoms with van der Waals surface area (Å²) in [6, 6.07) is 8.38. The molecule has 6 heteroatoms. The summed E-state index contributed by atoms with van der Waals surface area (Å²) in [6.45, 7) is 7.59. The summed E-state index contributed by atoms with van der Waals surface area (Å²) >= 11 is 0. The van der Waals surface area contributed by atoms with Crippen LogP contribution in [0.25, 0.3) is 0 Å². The van der Waals surface area contributed by atoms with Crippen molar-refractivity contribution in [3.05, 3.63) is 57.3 Å². The topological polar surface area (TPSA) is 69.3 Å². The van der Waals surface area contributed by atoms with Crippen molar-refractivity contribution in [1.29, 1.82) is 0 Å². The molecule has 3 heterocycles. The second-order valence-corrected chi connectivity index (χ2v) is 8.26. The molecule has 0 spiro atoms. The number of rotatable bonds is 5.